The summed E-state index contributed by atoms with van der Waals surface area (Å²) in [5.41, 5.74) is 1.61. The van der Waals surface area contributed by atoms with Crippen LogP contribution in [0, 0.1) is 6.92 Å². The lowest BCUT2D eigenvalue weighted by Gasteiger charge is -2.22. The second-order valence-corrected chi connectivity index (χ2v) is 8.16. The van der Waals surface area contributed by atoms with E-state index in [4.69, 9.17) is 21.1 Å². The number of hydrogen-bond donors (Lipinski definition) is 1. The molecule has 0 aliphatic carbocycles. The summed E-state index contributed by atoms with van der Waals surface area (Å²) < 4.78 is 35.8. The van der Waals surface area contributed by atoms with Crippen LogP contribution in [0.1, 0.15) is 5.56 Å². The van der Waals surface area contributed by atoms with Gasteiger partial charge < -0.3 is 14.8 Å². The number of rotatable bonds is 7. The SMILES string of the molecule is COc1cc(NC(=O)CN(c2cccc(C)c2)S(C)(=O)=O)c(OC)cc1Cl. The highest BCUT2D eigenvalue weighted by Gasteiger charge is 2.22. The Bertz CT molecular complexity index is 947. The minimum Gasteiger partial charge on any atom is -0.495 e. The molecule has 1 N–H and O–H groups in total. The van der Waals surface area contributed by atoms with Gasteiger partial charge in [0.15, 0.2) is 0 Å². The van der Waals surface area contributed by atoms with Gasteiger partial charge in [0.25, 0.3) is 0 Å². The van der Waals surface area contributed by atoms with Crippen LogP contribution in [0.25, 0.3) is 0 Å². The van der Waals surface area contributed by atoms with E-state index in [-0.39, 0.29) is 0 Å². The summed E-state index contributed by atoms with van der Waals surface area (Å²) in [6.07, 6.45) is 1.05. The van der Waals surface area contributed by atoms with Crippen LogP contribution in [-0.2, 0) is 14.8 Å². The maximum atomic E-state index is 12.5. The quantitative estimate of drug-likeness (QED) is 0.755. The molecule has 0 spiro atoms. The summed E-state index contributed by atoms with van der Waals surface area (Å²) in [4.78, 5) is 12.5. The van der Waals surface area contributed by atoms with Crippen molar-refractivity contribution in [2.45, 2.75) is 6.92 Å². The fourth-order valence-electron chi connectivity index (χ4n) is 2.46. The molecule has 27 heavy (non-hydrogen) atoms. The first kappa shape index (κ1) is 20.9. The van der Waals surface area contributed by atoms with E-state index in [1.54, 1.807) is 18.2 Å². The minimum atomic E-state index is -3.66. The van der Waals surface area contributed by atoms with Crippen molar-refractivity contribution in [3.63, 3.8) is 0 Å². The second kappa shape index (κ2) is 8.49. The highest BCUT2D eigenvalue weighted by Crippen LogP contribution is 2.35. The summed E-state index contributed by atoms with van der Waals surface area (Å²) >= 11 is 6.05. The summed E-state index contributed by atoms with van der Waals surface area (Å²) in [7, 11) is -0.781. The number of sulfonamides is 1. The molecule has 9 heteroatoms. The molecule has 0 aromatic heterocycles. The molecule has 0 saturated heterocycles. The first-order valence-corrected chi connectivity index (χ1v) is 10.1. The van der Waals surface area contributed by atoms with E-state index < -0.39 is 22.5 Å². The van der Waals surface area contributed by atoms with Crippen LogP contribution in [0.2, 0.25) is 5.02 Å². The molecule has 0 saturated carbocycles. The number of halogens is 1. The van der Waals surface area contributed by atoms with Crippen LogP contribution in [0.4, 0.5) is 11.4 Å². The first-order valence-electron chi connectivity index (χ1n) is 7.91. The van der Waals surface area contributed by atoms with E-state index in [2.05, 4.69) is 5.32 Å². The molecule has 0 bridgehead atoms. The number of benzene rings is 2. The first-order chi connectivity index (χ1) is 12.7. The van der Waals surface area contributed by atoms with Crippen LogP contribution in [0.3, 0.4) is 0 Å². The number of nitrogens with one attached hydrogen (secondary N) is 1. The average molecular weight is 413 g/mol. The zero-order valence-corrected chi connectivity index (χ0v) is 17.0. The van der Waals surface area contributed by atoms with Gasteiger partial charge in [-0.05, 0) is 24.6 Å². The molecule has 2 rings (SSSR count). The lowest BCUT2D eigenvalue weighted by Crippen LogP contribution is -2.37. The van der Waals surface area contributed by atoms with Gasteiger partial charge in [-0.2, -0.15) is 0 Å². The van der Waals surface area contributed by atoms with Gasteiger partial charge in [0.2, 0.25) is 15.9 Å². The Morgan fingerprint density at radius 1 is 1.15 bits per heavy atom. The Labute approximate surface area is 163 Å². The molecule has 0 aliphatic heterocycles. The lowest BCUT2D eigenvalue weighted by atomic mass is 10.2. The number of anilines is 2. The Kier molecular flexibility index (Phi) is 6.56. The zero-order chi connectivity index (χ0) is 20.2. The number of amides is 1. The van der Waals surface area contributed by atoms with Gasteiger partial charge in [-0.15, -0.1) is 0 Å². The molecule has 0 radical (unpaired) electrons. The van der Waals surface area contributed by atoms with Gasteiger partial charge in [0.1, 0.15) is 18.0 Å². The fourth-order valence-corrected chi connectivity index (χ4v) is 3.54. The standard InChI is InChI=1S/C18H21ClN2O5S/c1-12-6-5-7-13(8-12)21(27(4,23)24)11-18(22)20-15-10-16(25-2)14(19)9-17(15)26-3/h5-10H,11H2,1-4H3,(H,20,22). The van der Waals surface area contributed by atoms with Gasteiger partial charge in [-0.25, -0.2) is 8.42 Å². The smallest absolute Gasteiger partial charge is 0.245 e. The van der Waals surface area contributed by atoms with Crippen molar-refractivity contribution in [1.82, 2.24) is 0 Å². The highest BCUT2D eigenvalue weighted by atomic mass is 35.5. The van der Waals surface area contributed by atoms with Crippen LogP contribution in [-0.4, -0.2) is 41.3 Å². The molecule has 146 valence electrons. The molecule has 2 aromatic rings. The lowest BCUT2D eigenvalue weighted by molar-refractivity contribution is -0.114. The van der Waals surface area contributed by atoms with E-state index >= 15 is 0 Å². The second-order valence-electron chi connectivity index (χ2n) is 5.84. The van der Waals surface area contributed by atoms with Gasteiger partial charge in [0.05, 0.1) is 36.9 Å². The number of ether oxygens (including phenoxy) is 2. The molecule has 0 heterocycles. The predicted octanol–water partition coefficient (Wildman–Crippen LogP) is 3.07. The third-order valence-electron chi connectivity index (χ3n) is 3.73. The van der Waals surface area contributed by atoms with Crippen molar-refractivity contribution in [1.29, 1.82) is 0 Å². The Balaban J connectivity index is 2.29. The number of carbonyl (C=O) groups is 1. The van der Waals surface area contributed by atoms with E-state index in [0.29, 0.717) is 27.9 Å². The summed E-state index contributed by atoms with van der Waals surface area (Å²) in [6.45, 7) is 1.45. The predicted molar refractivity (Wildman–Crippen MR) is 107 cm³/mol. The largest absolute Gasteiger partial charge is 0.495 e. The van der Waals surface area contributed by atoms with E-state index in [1.165, 1.54) is 26.4 Å². The van der Waals surface area contributed by atoms with Crippen molar-refractivity contribution >= 4 is 38.9 Å². The number of nitrogens with zero attached hydrogens (tertiary/aromatic N) is 1. The van der Waals surface area contributed by atoms with Crippen LogP contribution in [0.15, 0.2) is 36.4 Å². The monoisotopic (exact) mass is 412 g/mol. The number of carbonyl (C=O) groups excluding carboxylic acids is 1. The highest BCUT2D eigenvalue weighted by molar-refractivity contribution is 7.92. The fraction of sp³-hybridized carbons (Fsp3) is 0.278. The summed E-state index contributed by atoms with van der Waals surface area (Å²) in [5.74, 6) is 0.145. The third kappa shape index (κ3) is 5.27. The van der Waals surface area contributed by atoms with E-state index in [0.717, 1.165) is 16.1 Å². The Morgan fingerprint density at radius 2 is 1.81 bits per heavy atom. The van der Waals surface area contributed by atoms with Crippen LogP contribution in [0.5, 0.6) is 11.5 Å². The van der Waals surface area contributed by atoms with E-state index in [1.807, 2.05) is 13.0 Å². The maximum absolute atomic E-state index is 12.5. The van der Waals surface area contributed by atoms with Crippen molar-refractivity contribution < 1.29 is 22.7 Å². The molecular weight excluding hydrogens is 392 g/mol. The molecule has 2 aromatic carbocycles. The van der Waals surface area contributed by atoms with Gasteiger partial charge >= 0.3 is 0 Å². The molecule has 0 fully saturated rings. The summed E-state index contributed by atoms with van der Waals surface area (Å²) in [6, 6.07) is 9.91. The van der Waals surface area contributed by atoms with Gasteiger partial charge in [-0.1, -0.05) is 23.7 Å². The van der Waals surface area contributed by atoms with Crippen molar-refractivity contribution in [2.75, 3.05) is 36.6 Å². The van der Waals surface area contributed by atoms with Gasteiger partial charge in [-0.3, -0.25) is 9.10 Å². The van der Waals surface area contributed by atoms with Crippen molar-refractivity contribution in [2.24, 2.45) is 0 Å². The number of hydrogen-bond acceptors (Lipinski definition) is 5. The Morgan fingerprint density at radius 3 is 2.37 bits per heavy atom. The topological polar surface area (TPSA) is 84.9 Å². The average Bonchev–Trinajstić information content (AvgIpc) is 2.59. The van der Waals surface area contributed by atoms with Crippen LogP contribution >= 0.6 is 11.6 Å². The molecular formula is C18H21ClN2O5S. The van der Waals surface area contributed by atoms with Crippen LogP contribution < -0.4 is 19.1 Å². The zero-order valence-electron chi connectivity index (χ0n) is 15.4. The molecule has 0 atom stereocenters. The Hall–Kier alpha value is -2.45. The van der Waals surface area contributed by atoms with Gasteiger partial charge in [0, 0.05) is 12.1 Å². The maximum Gasteiger partial charge on any atom is 0.245 e. The van der Waals surface area contributed by atoms with E-state index in [9.17, 15) is 13.2 Å². The number of aryl methyl sites for hydroxylation is 1. The van der Waals surface area contributed by atoms with Crippen molar-refractivity contribution in [3.8, 4) is 11.5 Å². The third-order valence-corrected chi connectivity index (χ3v) is 5.16. The summed E-state index contributed by atoms with van der Waals surface area (Å²) in [5, 5.41) is 2.97. The molecule has 0 aliphatic rings. The normalized spacial score (nSPS) is 11.0. The minimum absolute atomic E-state index is 0.321. The molecule has 7 nitrogen and oxygen atoms in total. The molecule has 1 amide bonds. The molecule has 0 unspecified atom stereocenters. The van der Waals surface area contributed by atoms with Crippen molar-refractivity contribution in [3.05, 3.63) is 47.0 Å². The number of methoxy groups -OCH3 is 2.